The lowest BCUT2D eigenvalue weighted by atomic mass is 10.1. The normalized spacial score (nSPS) is 10.8. The molecule has 1 heterocycles. The van der Waals surface area contributed by atoms with Crippen molar-refractivity contribution in [1.82, 2.24) is 9.78 Å². The first-order valence-electron chi connectivity index (χ1n) is 9.83. The number of hydrogen-bond donors (Lipinski definition) is 1. The van der Waals surface area contributed by atoms with Gasteiger partial charge in [0, 0.05) is 38.5 Å². The van der Waals surface area contributed by atoms with Gasteiger partial charge in [0.2, 0.25) is 0 Å². The molecule has 4 rings (SSSR count). The van der Waals surface area contributed by atoms with E-state index in [9.17, 15) is 4.79 Å². The van der Waals surface area contributed by atoms with Crippen molar-refractivity contribution < 1.29 is 9.53 Å². The van der Waals surface area contributed by atoms with E-state index < -0.39 is 0 Å². The van der Waals surface area contributed by atoms with Crippen molar-refractivity contribution in [3.63, 3.8) is 0 Å². The summed E-state index contributed by atoms with van der Waals surface area (Å²) in [6.07, 6.45) is 1.75. The van der Waals surface area contributed by atoms with Gasteiger partial charge in [-0.2, -0.15) is 5.10 Å². The number of aromatic nitrogens is 2. The maximum atomic E-state index is 12.7. The molecule has 4 aromatic rings. The van der Waals surface area contributed by atoms with E-state index in [1.54, 1.807) is 71.5 Å². The molecule has 3 aromatic carbocycles. The number of hydrogen-bond acceptors (Lipinski definition) is 3. The number of amides is 1. The second-order valence-electron chi connectivity index (χ2n) is 7.12. The minimum absolute atomic E-state index is 0.246. The van der Waals surface area contributed by atoms with Crippen LogP contribution >= 0.6 is 46.4 Å². The molecule has 1 amide bonds. The van der Waals surface area contributed by atoms with Crippen molar-refractivity contribution in [1.29, 1.82) is 0 Å². The molecule has 1 N–H and O–H groups in total. The first-order valence-corrected chi connectivity index (χ1v) is 11.3. The molecule has 0 saturated carbocycles. The number of carbonyl (C=O) groups is 1. The number of rotatable bonds is 7. The fourth-order valence-corrected chi connectivity index (χ4v) is 4.09. The van der Waals surface area contributed by atoms with Crippen LogP contribution in [0.3, 0.4) is 0 Å². The Labute approximate surface area is 210 Å². The largest absolute Gasteiger partial charge is 0.487 e. The third-order valence-corrected chi connectivity index (χ3v) is 5.98. The van der Waals surface area contributed by atoms with Gasteiger partial charge in [-0.3, -0.25) is 9.48 Å². The fourth-order valence-electron chi connectivity index (χ4n) is 3.11. The average molecular weight is 521 g/mol. The minimum atomic E-state index is -0.289. The van der Waals surface area contributed by atoms with Gasteiger partial charge in [0.25, 0.3) is 5.91 Å². The van der Waals surface area contributed by atoms with Crippen molar-refractivity contribution in [3.05, 3.63) is 110 Å². The Morgan fingerprint density at radius 1 is 0.909 bits per heavy atom. The number of halogens is 4. The smallest absolute Gasteiger partial charge is 0.256 e. The lowest BCUT2D eigenvalue weighted by Crippen LogP contribution is -2.13. The van der Waals surface area contributed by atoms with Crippen LogP contribution in [0, 0.1) is 0 Å². The second-order valence-corrected chi connectivity index (χ2v) is 8.77. The topological polar surface area (TPSA) is 56.2 Å². The Kier molecular flexibility index (Phi) is 7.46. The highest BCUT2D eigenvalue weighted by atomic mass is 35.5. The molecule has 0 saturated heterocycles. The van der Waals surface area contributed by atoms with E-state index >= 15 is 0 Å². The molecule has 0 bridgehead atoms. The van der Waals surface area contributed by atoms with Crippen molar-refractivity contribution in [3.8, 4) is 5.75 Å². The number of ether oxygens (including phenoxy) is 1. The summed E-state index contributed by atoms with van der Waals surface area (Å²) in [6, 6.07) is 19.2. The van der Waals surface area contributed by atoms with Crippen LogP contribution in [0.25, 0.3) is 0 Å². The maximum absolute atomic E-state index is 12.7. The van der Waals surface area contributed by atoms with Crippen molar-refractivity contribution >= 4 is 58.1 Å². The summed E-state index contributed by atoms with van der Waals surface area (Å²) in [5, 5.41) is 9.25. The molecular formula is C24H17Cl4N3O2. The first kappa shape index (κ1) is 23.5. The van der Waals surface area contributed by atoms with Gasteiger partial charge in [-0.15, -0.1) is 0 Å². The molecule has 0 aliphatic rings. The standard InChI is InChI=1S/C24H17Cl4N3O2/c25-17-7-8-22(21(28)12-17)33-14-15-3-1-4-16(11-15)24(32)29-23-9-10-31(30-23)13-18-19(26)5-2-6-20(18)27/h1-12H,13-14H2,(H,29,30,32). The molecule has 0 aliphatic carbocycles. The Morgan fingerprint density at radius 2 is 1.67 bits per heavy atom. The number of nitrogens with one attached hydrogen (secondary N) is 1. The summed E-state index contributed by atoms with van der Waals surface area (Å²) in [5.41, 5.74) is 2.05. The molecule has 0 atom stereocenters. The Balaban J connectivity index is 1.40. The summed E-state index contributed by atoms with van der Waals surface area (Å²) in [6.45, 7) is 0.629. The highest BCUT2D eigenvalue weighted by molar-refractivity contribution is 6.36. The van der Waals surface area contributed by atoms with Crippen LogP contribution in [0.4, 0.5) is 5.82 Å². The summed E-state index contributed by atoms with van der Waals surface area (Å²) in [5.74, 6) is 0.639. The summed E-state index contributed by atoms with van der Waals surface area (Å²) in [4.78, 5) is 12.7. The molecular weight excluding hydrogens is 504 g/mol. The van der Waals surface area contributed by atoms with Crippen LogP contribution in [-0.4, -0.2) is 15.7 Å². The van der Waals surface area contributed by atoms with Crippen LogP contribution < -0.4 is 10.1 Å². The van der Waals surface area contributed by atoms with E-state index in [4.69, 9.17) is 51.1 Å². The van der Waals surface area contributed by atoms with Crippen LogP contribution in [-0.2, 0) is 13.2 Å². The van der Waals surface area contributed by atoms with E-state index in [0.29, 0.717) is 43.8 Å². The molecule has 9 heteroatoms. The zero-order chi connectivity index (χ0) is 23.4. The first-order chi connectivity index (χ1) is 15.9. The molecule has 1 aromatic heterocycles. The number of benzene rings is 3. The van der Waals surface area contributed by atoms with E-state index in [0.717, 1.165) is 11.1 Å². The number of anilines is 1. The van der Waals surface area contributed by atoms with Crippen LogP contribution in [0.15, 0.2) is 72.9 Å². The van der Waals surface area contributed by atoms with Gasteiger partial charge in [-0.05, 0) is 48.0 Å². The highest BCUT2D eigenvalue weighted by Crippen LogP contribution is 2.28. The van der Waals surface area contributed by atoms with Crippen LogP contribution in [0.1, 0.15) is 21.5 Å². The molecule has 0 spiro atoms. The van der Waals surface area contributed by atoms with E-state index in [-0.39, 0.29) is 12.5 Å². The average Bonchev–Trinajstić information content (AvgIpc) is 3.23. The lowest BCUT2D eigenvalue weighted by molar-refractivity contribution is 0.102. The fraction of sp³-hybridized carbons (Fsp3) is 0.0833. The molecule has 168 valence electrons. The highest BCUT2D eigenvalue weighted by Gasteiger charge is 2.11. The van der Waals surface area contributed by atoms with Gasteiger partial charge in [0.15, 0.2) is 5.82 Å². The Morgan fingerprint density at radius 3 is 2.42 bits per heavy atom. The monoisotopic (exact) mass is 519 g/mol. The number of carbonyl (C=O) groups excluding carboxylic acids is 1. The van der Waals surface area contributed by atoms with Gasteiger partial charge in [0.05, 0.1) is 11.6 Å². The minimum Gasteiger partial charge on any atom is -0.487 e. The molecule has 33 heavy (non-hydrogen) atoms. The molecule has 0 fully saturated rings. The molecule has 5 nitrogen and oxygen atoms in total. The van der Waals surface area contributed by atoms with E-state index in [1.165, 1.54) is 0 Å². The Bertz CT molecular complexity index is 1290. The molecule has 0 aliphatic heterocycles. The summed E-state index contributed by atoms with van der Waals surface area (Å²) in [7, 11) is 0. The Hall–Kier alpha value is -2.70. The summed E-state index contributed by atoms with van der Waals surface area (Å²) < 4.78 is 7.41. The van der Waals surface area contributed by atoms with Crippen LogP contribution in [0.5, 0.6) is 5.75 Å². The van der Waals surface area contributed by atoms with Gasteiger partial charge in [-0.25, -0.2) is 0 Å². The van der Waals surface area contributed by atoms with Gasteiger partial charge in [-0.1, -0.05) is 64.6 Å². The van der Waals surface area contributed by atoms with Crippen LogP contribution in [0.2, 0.25) is 20.1 Å². The molecule has 0 unspecified atom stereocenters. The van der Waals surface area contributed by atoms with Gasteiger partial charge < -0.3 is 10.1 Å². The zero-order valence-corrected chi connectivity index (χ0v) is 20.1. The second kappa shape index (κ2) is 10.5. The molecule has 0 radical (unpaired) electrons. The lowest BCUT2D eigenvalue weighted by Gasteiger charge is -2.09. The van der Waals surface area contributed by atoms with Gasteiger partial charge >= 0.3 is 0 Å². The SMILES string of the molecule is O=C(Nc1ccn(Cc2c(Cl)cccc2Cl)n1)c1cccc(COc2ccc(Cl)cc2Cl)c1. The van der Waals surface area contributed by atoms with E-state index in [2.05, 4.69) is 10.4 Å². The van der Waals surface area contributed by atoms with Gasteiger partial charge in [0.1, 0.15) is 12.4 Å². The summed E-state index contributed by atoms with van der Waals surface area (Å²) >= 11 is 24.5. The van der Waals surface area contributed by atoms with Crippen molar-refractivity contribution in [2.45, 2.75) is 13.2 Å². The third-order valence-electron chi connectivity index (χ3n) is 4.74. The number of nitrogens with zero attached hydrogens (tertiary/aromatic N) is 2. The van der Waals surface area contributed by atoms with Crippen molar-refractivity contribution in [2.24, 2.45) is 0 Å². The van der Waals surface area contributed by atoms with E-state index in [1.807, 2.05) is 6.07 Å². The predicted molar refractivity (Wildman–Crippen MR) is 133 cm³/mol. The van der Waals surface area contributed by atoms with Crippen molar-refractivity contribution in [2.75, 3.05) is 5.32 Å². The quantitative estimate of drug-likeness (QED) is 0.276. The predicted octanol–water partition coefficient (Wildman–Crippen LogP) is 7.38. The third kappa shape index (κ3) is 6.01. The zero-order valence-electron chi connectivity index (χ0n) is 17.1. The maximum Gasteiger partial charge on any atom is 0.256 e.